The Morgan fingerprint density at radius 2 is 2.39 bits per heavy atom. The van der Waals surface area contributed by atoms with Crippen LogP contribution in [0.25, 0.3) is 0 Å². The summed E-state index contributed by atoms with van der Waals surface area (Å²) >= 11 is 1.84. The highest BCUT2D eigenvalue weighted by molar-refractivity contribution is 7.99. The summed E-state index contributed by atoms with van der Waals surface area (Å²) in [4.78, 5) is 0. The van der Waals surface area contributed by atoms with Crippen LogP contribution in [0.1, 0.15) is 11.1 Å². The second kappa shape index (κ2) is 6.45. The molecule has 1 N–H and O–H groups in total. The highest BCUT2D eigenvalue weighted by atomic mass is 32.2. The molecule has 0 spiro atoms. The fourth-order valence-electron chi connectivity index (χ4n) is 2.15. The summed E-state index contributed by atoms with van der Waals surface area (Å²) in [6.07, 6.45) is 0.0540. The highest BCUT2D eigenvalue weighted by Gasteiger charge is 2.24. The molecule has 1 fully saturated rings. The van der Waals surface area contributed by atoms with Crippen LogP contribution in [-0.4, -0.2) is 42.5 Å². The largest absolute Gasteiger partial charge is 0.496 e. The molecular weight excluding hydrogens is 248 g/mol. The van der Waals surface area contributed by atoms with Gasteiger partial charge in [-0.25, -0.2) is 0 Å². The lowest BCUT2D eigenvalue weighted by atomic mass is 10.0. The van der Waals surface area contributed by atoms with Gasteiger partial charge >= 0.3 is 0 Å². The van der Waals surface area contributed by atoms with Crippen molar-refractivity contribution in [1.29, 1.82) is 0 Å². The Morgan fingerprint density at radius 1 is 1.56 bits per heavy atom. The molecule has 4 heteroatoms. The Hall–Kier alpha value is -0.710. The third kappa shape index (κ3) is 3.40. The smallest absolute Gasteiger partial charge is 0.122 e. The lowest BCUT2D eigenvalue weighted by Crippen LogP contribution is -2.36. The minimum atomic E-state index is -0.464. The van der Waals surface area contributed by atoms with Gasteiger partial charge in [0.15, 0.2) is 0 Å². The molecule has 0 amide bonds. The molecular formula is C14H20O3S. The fourth-order valence-corrected chi connectivity index (χ4v) is 3.08. The molecule has 1 aliphatic rings. The number of ether oxygens (including phenoxy) is 2. The molecule has 2 unspecified atom stereocenters. The molecule has 0 aromatic heterocycles. The van der Waals surface area contributed by atoms with Crippen molar-refractivity contribution < 1.29 is 14.6 Å². The maximum atomic E-state index is 10.2. The Morgan fingerprint density at radius 3 is 3.06 bits per heavy atom. The van der Waals surface area contributed by atoms with E-state index in [1.165, 1.54) is 5.56 Å². The molecule has 18 heavy (non-hydrogen) atoms. The number of aryl methyl sites for hydroxylation is 1. The van der Waals surface area contributed by atoms with Crippen LogP contribution in [0, 0.1) is 6.92 Å². The van der Waals surface area contributed by atoms with Crippen LogP contribution in [0.15, 0.2) is 18.2 Å². The molecule has 1 aromatic carbocycles. The summed E-state index contributed by atoms with van der Waals surface area (Å²) in [5.74, 6) is 2.73. The zero-order valence-corrected chi connectivity index (χ0v) is 11.7. The number of methoxy groups -OCH3 is 1. The summed E-state index contributed by atoms with van der Waals surface area (Å²) in [6, 6.07) is 6.04. The van der Waals surface area contributed by atoms with Gasteiger partial charge in [-0.1, -0.05) is 17.7 Å². The first kappa shape index (κ1) is 13.7. The predicted molar refractivity (Wildman–Crippen MR) is 74.5 cm³/mol. The molecule has 2 rings (SSSR count). The van der Waals surface area contributed by atoms with Gasteiger partial charge < -0.3 is 14.6 Å². The lowest BCUT2D eigenvalue weighted by Gasteiger charge is -2.27. The number of hydrogen-bond donors (Lipinski definition) is 1. The van der Waals surface area contributed by atoms with Gasteiger partial charge in [0.25, 0.3) is 0 Å². The van der Waals surface area contributed by atoms with E-state index in [1.807, 2.05) is 30.8 Å². The molecule has 0 aliphatic carbocycles. The maximum absolute atomic E-state index is 10.2. The van der Waals surface area contributed by atoms with Gasteiger partial charge in [-0.15, -0.1) is 0 Å². The Balaban J connectivity index is 2.05. The standard InChI is InChI=1S/C14H20O3S/c1-10-3-4-13(16-2)11(7-10)8-12(15)14-9-18-6-5-17-14/h3-4,7,12,14-15H,5-6,8-9H2,1-2H3. The van der Waals surface area contributed by atoms with Gasteiger partial charge in [-0.05, 0) is 18.6 Å². The van der Waals surface area contributed by atoms with Crippen molar-refractivity contribution in [3.63, 3.8) is 0 Å². The molecule has 1 saturated heterocycles. The molecule has 1 aliphatic heterocycles. The SMILES string of the molecule is COc1ccc(C)cc1CC(O)C1CSCCO1. The van der Waals surface area contributed by atoms with Crippen LogP contribution in [-0.2, 0) is 11.2 Å². The number of thioether (sulfide) groups is 1. The van der Waals surface area contributed by atoms with Crippen LogP contribution in [0.5, 0.6) is 5.75 Å². The average Bonchev–Trinajstić information content (AvgIpc) is 2.40. The second-order valence-corrected chi connectivity index (χ2v) is 5.72. The minimum Gasteiger partial charge on any atom is -0.496 e. The number of rotatable bonds is 4. The van der Waals surface area contributed by atoms with Crippen LogP contribution >= 0.6 is 11.8 Å². The van der Waals surface area contributed by atoms with Crippen molar-refractivity contribution in [2.75, 3.05) is 25.2 Å². The Labute approximate surface area is 112 Å². The normalized spacial score (nSPS) is 21.6. The van der Waals surface area contributed by atoms with Crippen LogP contribution < -0.4 is 4.74 Å². The lowest BCUT2D eigenvalue weighted by molar-refractivity contribution is -0.0209. The molecule has 3 nitrogen and oxygen atoms in total. The maximum Gasteiger partial charge on any atom is 0.122 e. The predicted octanol–water partition coefficient (Wildman–Crippen LogP) is 2.04. The third-order valence-electron chi connectivity index (χ3n) is 3.14. The molecule has 1 aromatic rings. The van der Waals surface area contributed by atoms with Gasteiger partial charge in [-0.2, -0.15) is 11.8 Å². The first-order chi connectivity index (χ1) is 8.70. The van der Waals surface area contributed by atoms with E-state index in [0.717, 1.165) is 29.4 Å². The van der Waals surface area contributed by atoms with Gasteiger partial charge in [0.2, 0.25) is 0 Å². The highest BCUT2D eigenvalue weighted by Crippen LogP contribution is 2.24. The Bertz CT molecular complexity index is 389. The zero-order chi connectivity index (χ0) is 13.0. The van der Waals surface area contributed by atoms with Crippen molar-refractivity contribution in [3.05, 3.63) is 29.3 Å². The number of hydrogen-bond acceptors (Lipinski definition) is 4. The van der Waals surface area contributed by atoms with Gasteiger partial charge in [0.1, 0.15) is 5.75 Å². The van der Waals surface area contributed by atoms with Crippen molar-refractivity contribution >= 4 is 11.8 Å². The van der Waals surface area contributed by atoms with Gasteiger partial charge in [-0.3, -0.25) is 0 Å². The van der Waals surface area contributed by atoms with E-state index in [-0.39, 0.29) is 6.10 Å². The summed E-state index contributed by atoms with van der Waals surface area (Å²) in [5.41, 5.74) is 2.22. The van der Waals surface area contributed by atoms with E-state index in [0.29, 0.717) is 6.42 Å². The topological polar surface area (TPSA) is 38.7 Å². The fraction of sp³-hybridized carbons (Fsp3) is 0.571. The van der Waals surface area contributed by atoms with Gasteiger partial charge in [0, 0.05) is 17.9 Å². The van der Waals surface area contributed by atoms with E-state index < -0.39 is 6.10 Å². The van der Waals surface area contributed by atoms with Crippen molar-refractivity contribution in [1.82, 2.24) is 0 Å². The molecule has 100 valence electrons. The number of aliphatic hydroxyl groups excluding tert-OH is 1. The van der Waals surface area contributed by atoms with Gasteiger partial charge in [0.05, 0.1) is 25.9 Å². The van der Waals surface area contributed by atoms with Crippen molar-refractivity contribution in [2.45, 2.75) is 25.6 Å². The first-order valence-corrected chi connectivity index (χ1v) is 7.37. The monoisotopic (exact) mass is 268 g/mol. The number of benzene rings is 1. The molecule has 0 bridgehead atoms. The van der Waals surface area contributed by atoms with E-state index in [2.05, 4.69) is 6.07 Å². The molecule has 0 radical (unpaired) electrons. The molecule has 1 heterocycles. The molecule has 0 saturated carbocycles. The summed E-state index contributed by atoms with van der Waals surface area (Å²) in [7, 11) is 1.66. The van der Waals surface area contributed by atoms with Crippen LogP contribution in [0.2, 0.25) is 0 Å². The number of aliphatic hydroxyl groups is 1. The van der Waals surface area contributed by atoms with E-state index >= 15 is 0 Å². The summed E-state index contributed by atoms with van der Waals surface area (Å²) in [6.45, 7) is 2.78. The molecule has 2 atom stereocenters. The average molecular weight is 268 g/mol. The van der Waals surface area contributed by atoms with E-state index in [1.54, 1.807) is 7.11 Å². The van der Waals surface area contributed by atoms with Crippen molar-refractivity contribution in [3.8, 4) is 5.75 Å². The zero-order valence-electron chi connectivity index (χ0n) is 10.9. The summed E-state index contributed by atoms with van der Waals surface area (Å²) in [5, 5.41) is 10.2. The van der Waals surface area contributed by atoms with E-state index in [4.69, 9.17) is 9.47 Å². The minimum absolute atomic E-state index is 0.0611. The Kier molecular flexibility index (Phi) is 4.92. The second-order valence-electron chi connectivity index (χ2n) is 4.57. The van der Waals surface area contributed by atoms with E-state index in [9.17, 15) is 5.11 Å². The van der Waals surface area contributed by atoms with Crippen LogP contribution in [0.3, 0.4) is 0 Å². The van der Waals surface area contributed by atoms with Crippen molar-refractivity contribution in [2.24, 2.45) is 0 Å². The van der Waals surface area contributed by atoms with Crippen LogP contribution in [0.4, 0.5) is 0 Å². The quantitative estimate of drug-likeness (QED) is 0.907. The third-order valence-corrected chi connectivity index (χ3v) is 4.16. The summed E-state index contributed by atoms with van der Waals surface area (Å²) < 4.78 is 10.9. The first-order valence-electron chi connectivity index (χ1n) is 6.21.